The zero-order valence-electron chi connectivity index (χ0n) is 27.5. The van der Waals surface area contributed by atoms with Crippen LogP contribution in [0.3, 0.4) is 0 Å². The third-order valence-electron chi connectivity index (χ3n) is 11.8. The molecule has 10 nitrogen and oxygen atoms in total. The molecule has 5 aliphatic rings. The van der Waals surface area contributed by atoms with Gasteiger partial charge in [-0.05, 0) is 19.3 Å². The Morgan fingerprint density at radius 1 is 1.13 bits per heavy atom. The molecule has 4 fully saturated rings. The Labute approximate surface area is 265 Å². The molecule has 3 saturated carbocycles. The molecule has 10 heteroatoms. The van der Waals surface area contributed by atoms with Gasteiger partial charge < -0.3 is 34.6 Å². The summed E-state index contributed by atoms with van der Waals surface area (Å²) in [6, 6.07) is 0. The van der Waals surface area contributed by atoms with E-state index in [0.717, 1.165) is 25.7 Å². The van der Waals surface area contributed by atoms with E-state index < -0.39 is 100 Å². The maximum Gasteiger partial charge on any atom is 0.331 e. The van der Waals surface area contributed by atoms with Gasteiger partial charge >= 0.3 is 11.9 Å². The summed E-state index contributed by atoms with van der Waals surface area (Å²) in [5, 5.41) is 47.1. The van der Waals surface area contributed by atoms with E-state index in [9.17, 15) is 34.8 Å². The van der Waals surface area contributed by atoms with Gasteiger partial charge in [-0.15, -0.1) is 0 Å². The molecule has 0 aromatic carbocycles. The molecule has 12 atom stereocenters. The van der Waals surface area contributed by atoms with Crippen molar-refractivity contribution < 1.29 is 49.0 Å². The minimum Gasteiger partial charge on any atom is -0.454 e. The third-order valence-corrected chi connectivity index (χ3v) is 11.8. The fourth-order valence-electron chi connectivity index (χ4n) is 8.93. The molecule has 0 radical (unpaired) electrons. The Bertz CT molecular complexity index is 1320. The van der Waals surface area contributed by atoms with E-state index >= 15 is 0 Å². The molecule has 12 unspecified atom stereocenters. The van der Waals surface area contributed by atoms with Gasteiger partial charge in [-0.25, -0.2) is 4.79 Å². The molecule has 0 aromatic heterocycles. The summed E-state index contributed by atoms with van der Waals surface area (Å²) in [6.07, 6.45) is 8.72. The van der Waals surface area contributed by atoms with Crippen LogP contribution < -0.4 is 0 Å². The second kappa shape index (κ2) is 11.4. The molecule has 1 saturated heterocycles. The van der Waals surface area contributed by atoms with Crippen LogP contribution in [0.15, 0.2) is 36.0 Å². The molecule has 1 aliphatic heterocycles. The van der Waals surface area contributed by atoms with Crippen LogP contribution in [-0.2, 0) is 28.6 Å². The van der Waals surface area contributed by atoms with Crippen LogP contribution in [0.5, 0.6) is 0 Å². The van der Waals surface area contributed by atoms with Crippen molar-refractivity contribution in [1.29, 1.82) is 0 Å². The number of carbonyl (C=O) groups is 3. The number of rotatable bonds is 11. The molecule has 4 aliphatic carbocycles. The van der Waals surface area contributed by atoms with Crippen molar-refractivity contribution in [2.75, 3.05) is 6.61 Å². The van der Waals surface area contributed by atoms with E-state index in [4.69, 9.17) is 14.2 Å². The predicted molar refractivity (Wildman–Crippen MR) is 163 cm³/mol. The van der Waals surface area contributed by atoms with E-state index in [1.54, 1.807) is 32.9 Å². The van der Waals surface area contributed by atoms with Gasteiger partial charge in [0.05, 0.1) is 18.6 Å². The van der Waals surface area contributed by atoms with Crippen LogP contribution in [0.2, 0.25) is 0 Å². The average Bonchev–Trinajstić information content (AvgIpc) is 3.83. The number of esters is 2. The molecule has 1 heterocycles. The minimum atomic E-state index is -2.54. The molecule has 45 heavy (non-hydrogen) atoms. The number of aliphatic hydroxyl groups is 4. The topological polar surface area (TPSA) is 163 Å². The van der Waals surface area contributed by atoms with Gasteiger partial charge in [0.2, 0.25) is 0 Å². The smallest absolute Gasteiger partial charge is 0.331 e. The van der Waals surface area contributed by atoms with Crippen molar-refractivity contribution in [3.63, 3.8) is 0 Å². The van der Waals surface area contributed by atoms with E-state index in [2.05, 4.69) is 6.92 Å². The average molecular weight is 631 g/mol. The second-order valence-corrected chi connectivity index (χ2v) is 14.6. The molecule has 0 spiro atoms. The Balaban J connectivity index is 1.60. The van der Waals surface area contributed by atoms with Crippen LogP contribution in [0.4, 0.5) is 0 Å². The maximum absolute atomic E-state index is 13.5. The van der Waals surface area contributed by atoms with Crippen molar-refractivity contribution >= 4 is 17.7 Å². The highest BCUT2D eigenvalue weighted by Gasteiger charge is 2.93. The zero-order valence-corrected chi connectivity index (χ0v) is 27.5. The summed E-state index contributed by atoms with van der Waals surface area (Å²) >= 11 is 0. The summed E-state index contributed by atoms with van der Waals surface area (Å²) in [7, 11) is 0. The van der Waals surface area contributed by atoms with Crippen LogP contribution in [0.1, 0.15) is 80.6 Å². The summed E-state index contributed by atoms with van der Waals surface area (Å²) in [6.45, 7) is 12.0. The Morgan fingerprint density at radius 2 is 1.82 bits per heavy atom. The Morgan fingerprint density at radius 3 is 2.44 bits per heavy atom. The lowest BCUT2D eigenvalue weighted by Gasteiger charge is -2.51. The fraction of sp³-hybridized carbons (Fsp3) is 0.743. The number of unbranched alkanes of at least 4 members (excludes halogenated alkanes) is 3. The molecule has 0 amide bonds. The molecular weight excluding hydrogens is 580 g/mol. The first-order valence-corrected chi connectivity index (χ1v) is 16.5. The summed E-state index contributed by atoms with van der Waals surface area (Å²) in [5.74, 6) is -5.84. The van der Waals surface area contributed by atoms with Gasteiger partial charge in [0.15, 0.2) is 17.0 Å². The van der Waals surface area contributed by atoms with Crippen molar-refractivity contribution in [2.45, 2.75) is 121 Å². The van der Waals surface area contributed by atoms with Gasteiger partial charge in [-0.1, -0.05) is 85.6 Å². The van der Waals surface area contributed by atoms with Crippen LogP contribution in [0, 0.1) is 35.0 Å². The van der Waals surface area contributed by atoms with Crippen LogP contribution in [0.25, 0.3) is 0 Å². The number of ether oxygens (including phenoxy) is 3. The lowest BCUT2D eigenvalue weighted by molar-refractivity contribution is -0.214. The predicted octanol–water partition coefficient (Wildman–Crippen LogP) is 2.95. The van der Waals surface area contributed by atoms with Gasteiger partial charge in [-0.2, -0.15) is 0 Å². The number of ketones is 1. The number of fused-ring (bicyclic) bond motifs is 7. The molecule has 0 aromatic rings. The Kier molecular flexibility index (Phi) is 8.61. The van der Waals surface area contributed by atoms with E-state index in [-0.39, 0.29) is 5.57 Å². The number of aliphatic hydroxyl groups excluding tert-OH is 2. The SMILES string of the molecule is CCCCCC=CC=CC(=O)OC1C(C)C2(O)C3=CC(C)C(=O)C3(O)C(O)C3(CO)OC3C2C2C(C)(C)C12OC(=O)C(C)CC. The first-order valence-electron chi connectivity index (χ1n) is 16.5. The van der Waals surface area contributed by atoms with E-state index in [1.165, 1.54) is 12.2 Å². The first kappa shape index (κ1) is 34.0. The molecule has 4 N–H and O–H groups in total. The first-order chi connectivity index (χ1) is 21.1. The van der Waals surface area contributed by atoms with E-state index in [0.29, 0.717) is 6.42 Å². The second-order valence-electron chi connectivity index (χ2n) is 14.6. The summed E-state index contributed by atoms with van der Waals surface area (Å²) < 4.78 is 18.5. The zero-order chi connectivity index (χ0) is 33.3. The monoisotopic (exact) mass is 630 g/mol. The Hall–Kier alpha value is -2.37. The van der Waals surface area contributed by atoms with Crippen molar-refractivity contribution in [2.24, 2.45) is 35.0 Å². The minimum absolute atomic E-state index is 0.0859. The van der Waals surface area contributed by atoms with Crippen molar-refractivity contribution in [1.82, 2.24) is 0 Å². The van der Waals surface area contributed by atoms with Gasteiger partial charge in [0, 0.05) is 40.7 Å². The molecule has 0 bridgehead atoms. The van der Waals surface area contributed by atoms with Gasteiger partial charge in [-0.3, -0.25) is 9.59 Å². The number of hydrogen-bond donors (Lipinski definition) is 4. The normalized spacial score (nSPS) is 44.7. The lowest BCUT2D eigenvalue weighted by atomic mass is 9.60. The van der Waals surface area contributed by atoms with Gasteiger partial charge in [0.25, 0.3) is 0 Å². The fourth-order valence-corrected chi connectivity index (χ4v) is 8.93. The molecular formula is C35H50O10. The highest BCUT2D eigenvalue weighted by Crippen LogP contribution is 2.79. The van der Waals surface area contributed by atoms with Crippen LogP contribution >= 0.6 is 0 Å². The maximum atomic E-state index is 13.5. The summed E-state index contributed by atoms with van der Waals surface area (Å²) in [4.78, 5) is 40.3. The van der Waals surface area contributed by atoms with Crippen LogP contribution in [-0.4, -0.2) is 85.5 Å². The number of allylic oxidation sites excluding steroid dienone is 4. The number of carbonyl (C=O) groups excluding carboxylic acids is 3. The van der Waals surface area contributed by atoms with Crippen molar-refractivity contribution in [3.8, 4) is 0 Å². The summed E-state index contributed by atoms with van der Waals surface area (Å²) in [5.41, 5.74) is -8.65. The third kappa shape index (κ3) is 4.49. The highest BCUT2D eigenvalue weighted by atomic mass is 16.6. The number of hydrogen-bond acceptors (Lipinski definition) is 10. The standard InChI is InChI=1S/C35H50O10/c1-8-10-11-12-13-14-15-16-23(37)43-27-21(5)33(41)22-17-20(4)26(38)34(22,42)30(40)32(18-36)28(44-32)24(33)25-31(6,7)35(25,27)45-29(39)19(3)9-2/h13-17,19-21,24-25,27-28,30,36,40-42H,8-12,18H2,1-7H3. The number of epoxide rings is 1. The lowest BCUT2D eigenvalue weighted by Crippen LogP contribution is -2.66. The molecule has 5 rings (SSSR count). The van der Waals surface area contributed by atoms with Crippen molar-refractivity contribution in [3.05, 3.63) is 36.0 Å². The van der Waals surface area contributed by atoms with E-state index in [1.807, 2.05) is 26.8 Å². The quantitative estimate of drug-likeness (QED) is 0.0667. The van der Waals surface area contributed by atoms with Gasteiger partial charge in [0.1, 0.15) is 23.4 Å². The highest BCUT2D eigenvalue weighted by molar-refractivity contribution is 5.98. The number of Topliss-reactive ketones (excluding diaryl/α,β-unsaturated/α-hetero) is 1. The molecule has 250 valence electrons. The largest absolute Gasteiger partial charge is 0.454 e.